The number of carbonyl (C=O) groups is 2. The first-order valence-electron chi connectivity index (χ1n) is 7.64. The monoisotopic (exact) mass is 287 g/mol. The maximum Gasteiger partial charge on any atom is 0.308 e. The predicted molar refractivity (Wildman–Crippen MR) is 78.8 cm³/mol. The van der Waals surface area contributed by atoms with Gasteiger partial charge >= 0.3 is 5.97 Å². The molecule has 0 spiro atoms. The van der Waals surface area contributed by atoms with Gasteiger partial charge in [-0.15, -0.1) is 0 Å². The fourth-order valence-electron chi connectivity index (χ4n) is 3.63. The lowest BCUT2D eigenvalue weighted by Crippen LogP contribution is -2.37. The molecule has 1 N–H and O–H groups in total. The zero-order valence-electron chi connectivity index (χ0n) is 12.3. The van der Waals surface area contributed by atoms with E-state index in [4.69, 9.17) is 0 Å². The molecule has 21 heavy (non-hydrogen) atoms. The third-order valence-corrected chi connectivity index (χ3v) is 4.94. The number of aliphatic carboxylic acids is 1. The number of hydrogen-bond acceptors (Lipinski definition) is 2. The smallest absolute Gasteiger partial charge is 0.308 e. The average Bonchev–Trinajstić information content (AvgIpc) is 2.88. The van der Waals surface area contributed by atoms with Gasteiger partial charge in [-0.05, 0) is 36.3 Å². The van der Waals surface area contributed by atoms with Gasteiger partial charge in [-0.1, -0.05) is 31.2 Å². The van der Waals surface area contributed by atoms with Gasteiger partial charge in [-0.2, -0.15) is 0 Å². The Morgan fingerprint density at radius 2 is 1.90 bits per heavy atom. The van der Waals surface area contributed by atoms with Crippen LogP contribution in [0.4, 0.5) is 0 Å². The zero-order valence-corrected chi connectivity index (χ0v) is 12.3. The summed E-state index contributed by atoms with van der Waals surface area (Å²) in [5.74, 6) is -1.00. The number of fused-ring (bicyclic) bond motifs is 1. The number of benzene rings is 1. The fraction of sp³-hybridized carbons (Fsp3) is 0.529. The number of nitrogens with zero attached hydrogens (tertiary/aromatic N) is 1. The second-order valence-electron chi connectivity index (χ2n) is 6.37. The van der Waals surface area contributed by atoms with Gasteiger partial charge in [-0.3, -0.25) is 9.59 Å². The van der Waals surface area contributed by atoms with Crippen molar-refractivity contribution in [2.45, 2.75) is 26.2 Å². The SMILES string of the molecule is C[C@@H]1CN(C(=O)C2CCc3ccccc3C2)C[C@H]1C(=O)O. The second kappa shape index (κ2) is 5.51. The van der Waals surface area contributed by atoms with Crippen LogP contribution in [0.1, 0.15) is 24.5 Å². The number of carboxylic acids is 1. The molecular formula is C17H21NO3. The van der Waals surface area contributed by atoms with Crippen molar-refractivity contribution in [3.63, 3.8) is 0 Å². The molecule has 1 aliphatic carbocycles. The van der Waals surface area contributed by atoms with E-state index < -0.39 is 11.9 Å². The van der Waals surface area contributed by atoms with Gasteiger partial charge in [0.1, 0.15) is 0 Å². The summed E-state index contributed by atoms with van der Waals surface area (Å²) >= 11 is 0. The molecular weight excluding hydrogens is 266 g/mol. The lowest BCUT2D eigenvalue weighted by atomic mass is 9.83. The first-order valence-corrected chi connectivity index (χ1v) is 7.64. The largest absolute Gasteiger partial charge is 0.481 e. The van der Waals surface area contributed by atoms with Gasteiger partial charge in [0.05, 0.1) is 5.92 Å². The summed E-state index contributed by atoms with van der Waals surface area (Å²) in [6, 6.07) is 8.29. The molecule has 1 amide bonds. The molecule has 1 aromatic rings. The Morgan fingerprint density at radius 1 is 1.19 bits per heavy atom. The first kappa shape index (κ1) is 14.1. The highest BCUT2D eigenvalue weighted by molar-refractivity contribution is 5.81. The van der Waals surface area contributed by atoms with Gasteiger partial charge in [0, 0.05) is 19.0 Å². The van der Waals surface area contributed by atoms with Gasteiger partial charge in [-0.25, -0.2) is 0 Å². The molecule has 0 bridgehead atoms. The first-order chi connectivity index (χ1) is 10.1. The molecule has 1 unspecified atom stereocenters. The Bertz CT molecular complexity index is 569. The van der Waals surface area contributed by atoms with E-state index in [2.05, 4.69) is 12.1 Å². The number of rotatable bonds is 2. The van der Waals surface area contributed by atoms with Gasteiger partial charge in [0.25, 0.3) is 0 Å². The van der Waals surface area contributed by atoms with E-state index in [0.29, 0.717) is 13.1 Å². The molecule has 1 fully saturated rings. The van der Waals surface area contributed by atoms with Crippen molar-refractivity contribution in [2.24, 2.45) is 17.8 Å². The van der Waals surface area contributed by atoms with E-state index in [1.165, 1.54) is 11.1 Å². The molecule has 3 atom stereocenters. The van der Waals surface area contributed by atoms with Gasteiger partial charge in [0.2, 0.25) is 5.91 Å². The summed E-state index contributed by atoms with van der Waals surface area (Å²) in [6.07, 6.45) is 2.61. The number of aryl methyl sites for hydroxylation is 1. The third-order valence-electron chi connectivity index (χ3n) is 4.94. The highest BCUT2D eigenvalue weighted by Crippen LogP contribution is 2.30. The van der Waals surface area contributed by atoms with Crippen molar-refractivity contribution < 1.29 is 14.7 Å². The number of amides is 1. The van der Waals surface area contributed by atoms with Crippen molar-refractivity contribution in [3.05, 3.63) is 35.4 Å². The summed E-state index contributed by atoms with van der Waals surface area (Å²) < 4.78 is 0. The molecule has 112 valence electrons. The predicted octanol–water partition coefficient (Wildman–Crippen LogP) is 1.97. The standard InChI is InChI=1S/C17H21NO3/c1-11-9-18(10-15(11)17(20)21)16(19)14-7-6-12-4-2-3-5-13(12)8-14/h2-5,11,14-15H,6-10H2,1H3,(H,20,21)/t11-,14?,15-/m1/s1. The van der Waals surface area contributed by atoms with Gasteiger partial charge in [0.15, 0.2) is 0 Å². The van der Waals surface area contributed by atoms with Crippen molar-refractivity contribution in [2.75, 3.05) is 13.1 Å². The van der Waals surface area contributed by atoms with E-state index >= 15 is 0 Å². The Hall–Kier alpha value is -1.84. The van der Waals surface area contributed by atoms with E-state index in [1.807, 2.05) is 19.1 Å². The van der Waals surface area contributed by atoms with Crippen molar-refractivity contribution in [3.8, 4) is 0 Å². The molecule has 3 rings (SSSR count). The molecule has 1 aromatic carbocycles. The maximum absolute atomic E-state index is 12.7. The lowest BCUT2D eigenvalue weighted by molar-refractivity contribution is -0.142. The number of hydrogen-bond donors (Lipinski definition) is 1. The van der Waals surface area contributed by atoms with E-state index in [9.17, 15) is 14.7 Å². The maximum atomic E-state index is 12.7. The lowest BCUT2D eigenvalue weighted by Gasteiger charge is -2.27. The summed E-state index contributed by atoms with van der Waals surface area (Å²) in [5.41, 5.74) is 2.61. The van der Waals surface area contributed by atoms with Crippen LogP contribution in [0.2, 0.25) is 0 Å². The Kier molecular flexibility index (Phi) is 3.70. The minimum atomic E-state index is -0.785. The second-order valence-corrected chi connectivity index (χ2v) is 6.37. The molecule has 0 radical (unpaired) electrons. The minimum Gasteiger partial charge on any atom is -0.481 e. The highest BCUT2D eigenvalue weighted by atomic mass is 16.4. The fourth-order valence-corrected chi connectivity index (χ4v) is 3.63. The number of carboxylic acid groups (broad SMARTS) is 1. The van der Waals surface area contributed by atoms with Crippen LogP contribution in [0.5, 0.6) is 0 Å². The third kappa shape index (κ3) is 2.67. The summed E-state index contributed by atoms with van der Waals surface area (Å²) in [6.45, 7) is 2.86. The van der Waals surface area contributed by atoms with Crippen LogP contribution in [0, 0.1) is 17.8 Å². The van der Waals surface area contributed by atoms with Crippen LogP contribution in [0.25, 0.3) is 0 Å². The Morgan fingerprint density at radius 3 is 2.57 bits per heavy atom. The van der Waals surface area contributed by atoms with Crippen LogP contribution in [-0.2, 0) is 22.4 Å². The summed E-state index contributed by atoms with van der Waals surface area (Å²) in [4.78, 5) is 25.6. The average molecular weight is 287 g/mol. The molecule has 4 heteroatoms. The van der Waals surface area contributed by atoms with Crippen LogP contribution in [0.3, 0.4) is 0 Å². The minimum absolute atomic E-state index is 0.0136. The van der Waals surface area contributed by atoms with E-state index in [0.717, 1.165) is 19.3 Å². The number of likely N-dealkylation sites (tertiary alicyclic amines) is 1. The van der Waals surface area contributed by atoms with E-state index in [1.54, 1.807) is 4.90 Å². The topological polar surface area (TPSA) is 57.6 Å². The molecule has 4 nitrogen and oxygen atoms in total. The molecule has 1 heterocycles. The van der Waals surface area contributed by atoms with Crippen LogP contribution in [-0.4, -0.2) is 35.0 Å². The highest BCUT2D eigenvalue weighted by Gasteiger charge is 2.39. The zero-order chi connectivity index (χ0) is 15.0. The van der Waals surface area contributed by atoms with Crippen molar-refractivity contribution in [1.29, 1.82) is 0 Å². The van der Waals surface area contributed by atoms with Crippen molar-refractivity contribution in [1.82, 2.24) is 4.90 Å². The normalized spacial score (nSPS) is 28.2. The molecule has 1 saturated heterocycles. The molecule has 1 aliphatic heterocycles. The van der Waals surface area contributed by atoms with E-state index in [-0.39, 0.29) is 17.7 Å². The number of carbonyl (C=O) groups excluding carboxylic acids is 1. The van der Waals surface area contributed by atoms with Crippen LogP contribution < -0.4 is 0 Å². The quantitative estimate of drug-likeness (QED) is 0.904. The van der Waals surface area contributed by atoms with Crippen LogP contribution in [0.15, 0.2) is 24.3 Å². The summed E-state index contributed by atoms with van der Waals surface area (Å²) in [5, 5.41) is 9.19. The Balaban J connectivity index is 1.69. The molecule has 0 saturated carbocycles. The molecule has 0 aromatic heterocycles. The molecule has 2 aliphatic rings. The summed E-state index contributed by atoms with van der Waals surface area (Å²) in [7, 11) is 0. The van der Waals surface area contributed by atoms with Gasteiger partial charge < -0.3 is 10.0 Å². The van der Waals surface area contributed by atoms with Crippen molar-refractivity contribution >= 4 is 11.9 Å². The van der Waals surface area contributed by atoms with Crippen LogP contribution >= 0.6 is 0 Å². The Labute approximate surface area is 124 Å².